The van der Waals surface area contributed by atoms with E-state index >= 15 is 0 Å². The molecule has 0 saturated heterocycles. The number of hydrogen-bond acceptors (Lipinski definition) is 5. The highest BCUT2D eigenvalue weighted by molar-refractivity contribution is 6.42. The van der Waals surface area contributed by atoms with Crippen molar-refractivity contribution in [1.82, 2.24) is 10.4 Å². The average Bonchev–Trinajstić information content (AvgIpc) is 3.21. The number of likely N-dealkylation sites (N-methyl/N-ethyl adjacent to an activating group) is 1. The Morgan fingerprint density at radius 1 is 1.17 bits per heavy atom. The molecule has 4 rings (SSSR count). The quantitative estimate of drug-likeness (QED) is 0.737. The molecule has 2 aromatic carbocycles. The fourth-order valence-electron chi connectivity index (χ4n) is 2.97. The maximum atomic E-state index is 8.27. The molecular formula is C21H18Cl2N4O2. The number of ether oxygens (including phenoxy) is 1. The minimum atomic E-state index is -0.655. The summed E-state index contributed by atoms with van der Waals surface area (Å²) in [5.41, 5.74) is 4.28. The molecule has 0 bridgehead atoms. The second kappa shape index (κ2) is 8.19. The fraction of sp³-hybridized carbons (Fsp3) is 0.143. The molecular weight excluding hydrogens is 411 g/mol. The monoisotopic (exact) mass is 428 g/mol. The van der Waals surface area contributed by atoms with Crippen LogP contribution in [0.3, 0.4) is 0 Å². The van der Waals surface area contributed by atoms with E-state index in [1.807, 2.05) is 54.4 Å². The van der Waals surface area contributed by atoms with Crippen molar-refractivity contribution in [1.29, 1.82) is 5.41 Å². The van der Waals surface area contributed by atoms with Crippen molar-refractivity contribution in [2.24, 2.45) is 4.99 Å². The van der Waals surface area contributed by atoms with Crippen LogP contribution >= 0.6 is 23.2 Å². The Bertz CT molecular complexity index is 1030. The van der Waals surface area contributed by atoms with Crippen LogP contribution in [0.1, 0.15) is 11.7 Å². The summed E-state index contributed by atoms with van der Waals surface area (Å²) in [5, 5.41) is 8.99. The molecule has 29 heavy (non-hydrogen) atoms. The molecule has 6 nitrogen and oxygen atoms in total. The molecule has 2 aliphatic rings. The zero-order chi connectivity index (χ0) is 20.4. The van der Waals surface area contributed by atoms with Crippen molar-refractivity contribution < 1.29 is 9.57 Å². The normalized spacial score (nSPS) is 19.5. The molecule has 2 N–H and O–H groups in total. The topological polar surface area (TPSA) is 69.9 Å². The lowest BCUT2D eigenvalue weighted by Crippen LogP contribution is -2.31. The van der Waals surface area contributed by atoms with Crippen LogP contribution in [0.25, 0.3) is 0 Å². The fourth-order valence-corrected chi connectivity index (χ4v) is 3.31. The van der Waals surface area contributed by atoms with E-state index in [1.165, 1.54) is 0 Å². The summed E-state index contributed by atoms with van der Waals surface area (Å²) >= 11 is 12.4. The molecule has 148 valence electrons. The first kappa shape index (κ1) is 19.4. The number of aliphatic imine (C=N–C) groups is 1. The maximum absolute atomic E-state index is 8.27. The van der Waals surface area contributed by atoms with Gasteiger partial charge in [0.05, 0.1) is 10.6 Å². The second-order valence-electron chi connectivity index (χ2n) is 6.51. The molecule has 0 fully saturated rings. The lowest BCUT2D eigenvalue weighted by atomic mass is 10.1. The van der Waals surface area contributed by atoms with Gasteiger partial charge in [0, 0.05) is 19.2 Å². The highest BCUT2D eigenvalue weighted by Gasteiger charge is 2.30. The standard InChI is InChI=1S/C21H18Cl2N4O2/c1-27-12-6-9-14(19(27)24)20-25-21(29-26-20)18(13-7-3-2-4-8-13)28-16-11-5-10-15(22)17(16)23/h2-11,18,24,26H,12H2,1H3. The van der Waals surface area contributed by atoms with Crippen molar-refractivity contribution in [3.05, 3.63) is 87.7 Å². The highest BCUT2D eigenvalue weighted by atomic mass is 35.5. The Balaban J connectivity index is 1.73. The largest absolute Gasteiger partial charge is 0.474 e. The van der Waals surface area contributed by atoms with E-state index in [4.69, 9.17) is 38.2 Å². The van der Waals surface area contributed by atoms with Crippen molar-refractivity contribution in [2.75, 3.05) is 13.6 Å². The SMILES string of the molecule is CN1CC=CC(=C2N=C(C(Oc3cccc(Cl)c3Cl)c3ccccc3)ON2)C1=N. The first-order valence-electron chi connectivity index (χ1n) is 8.92. The smallest absolute Gasteiger partial charge is 0.269 e. The van der Waals surface area contributed by atoms with E-state index in [2.05, 4.69) is 10.5 Å². The average molecular weight is 429 g/mol. The predicted molar refractivity (Wildman–Crippen MR) is 114 cm³/mol. The van der Waals surface area contributed by atoms with E-state index in [-0.39, 0.29) is 0 Å². The van der Waals surface area contributed by atoms with Gasteiger partial charge in [-0.2, -0.15) is 4.99 Å². The number of rotatable bonds is 4. The Labute approximate surface area is 178 Å². The van der Waals surface area contributed by atoms with Gasteiger partial charge in [-0.3, -0.25) is 5.41 Å². The third-order valence-corrected chi connectivity index (χ3v) is 5.32. The number of hydrogen-bond donors (Lipinski definition) is 2. The van der Waals surface area contributed by atoms with Gasteiger partial charge in [-0.15, -0.1) is 0 Å². The zero-order valence-corrected chi connectivity index (χ0v) is 17.0. The van der Waals surface area contributed by atoms with Gasteiger partial charge in [-0.05, 0) is 18.2 Å². The highest BCUT2D eigenvalue weighted by Crippen LogP contribution is 2.35. The third kappa shape index (κ3) is 3.95. The molecule has 2 aromatic rings. The Hall–Kier alpha value is -2.96. The lowest BCUT2D eigenvalue weighted by molar-refractivity contribution is 0.178. The van der Waals surface area contributed by atoms with Crippen LogP contribution in [0.15, 0.2) is 77.1 Å². The number of nitrogens with zero attached hydrogens (tertiary/aromatic N) is 2. The molecule has 1 atom stereocenters. The Morgan fingerprint density at radius 3 is 2.76 bits per heavy atom. The molecule has 0 aromatic heterocycles. The second-order valence-corrected chi connectivity index (χ2v) is 7.29. The third-order valence-electron chi connectivity index (χ3n) is 4.52. The Kier molecular flexibility index (Phi) is 5.47. The van der Waals surface area contributed by atoms with E-state index in [0.717, 1.165) is 5.56 Å². The summed E-state index contributed by atoms with van der Waals surface area (Å²) in [6.07, 6.45) is 3.16. The van der Waals surface area contributed by atoms with Gasteiger partial charge >= 0.3 is 0 Å². The van der Waals surface area contributed by atoms with Crippen LogP contribution in [-0.2, 0) is 4.84 Å². The summed E-state index contributed by atoms with van der Waals surface area (Å²) in [6, 6.07) is 14.7. The van der Waals surface area contributed by atoms with E-state index in [0.29, 0.717) is 45.5 Å². The molecule has 1 unspecified atom stereocenters. The number of halogens is 2. The molecule has 0 aliphatic carbocycles. The van der Waals surface area contributed by atoms with Gasteiger partial charge in [0.2, 0.25) is 6.10 Å². The van der Waals surface area contributed by atoms with E-state index in [1.54, 1.807) is 18.2 Å². The summed E-state index contributed by atoms with van der Waals surface area (Å²) in [6.45, 7) is 0.677. The van der Waals surface area contributed by atoms with Gasteiger partial charge in [0.1, 0.15) is 16.6 Å². The van der Waals surface area contributed by atoms with Gasteiger partial charge < -0.3 is 14.5 Å². The number of amidine groups is 1. The van der Waals surface area contributed by atoms with Crippen LogP contribution in [0.4, 0.5) is 0 Å². The first-order chi connectivity index (χ1) is 14.0. The minimum Gasteiger partial charge on any atom is -0.474 e. The van der Waals surface area contributed by atoms with Crippen molar-refractivity contribution in [2.45, 2.75) is 6.10 Å². The Morgan fingerprint density at radius 2 is 1.97 bits per heavy atom. The van der Waals surface area contributed by atoms with Crippen molar-refractivity contribution in [3.8, 4) is 5.75 Å². The number of nitrogens with one attached hydrogen (secondary N) is 2. The lowest BCUT2D eigenvalue weighted by Gasteiger charge is -2.22. The van der Waals surface area contributed by atoms with Crippen LogP contribution in [-0.4, -0.2) is 30.2 Å². The van der Waals surface area contributed by atoms with Crippen LogP contribution in [0.2, 0.25) is 10.0 Å². The first-order valence-corrected chi connectivity index (χ1v) is 9.68. The molecule has 0 amide bonds. The summed E-state index contributed by atoms with van der Waals surface area (Å²) < 4.78 is 6.16. The summed E-state index contributed by atoms with van der Waals surface area (Å²) in [7, 11) is 1.85. The van der Waals surface area contributed by atoms with Crippen LogP contribution in [0.5, 0.6) is 5.75 Å². The van der Waals surface area contributed by atoms with E-state index < -0.39 is 6.10 Å². The van der Waals surface area contributed by atoms with Gasteiger partial charge in [0.15, 0.2) is 5.82 Å². The van der Waals surface area contributed by atoms with Gasteiger partial charge in [-0.25, -0.2) is 5.48 Å². The minimum absolute atomic E-state index is 0.309. The molecule has 8 heteroatoms. The number of benzene rings is 2. The van der Waals surface area contributed by atoms with E-state index in [9.17, 15) is 0 Å². The van der Waals surface area contributed by atoms with Gasteiger partial charge in [0.25, 0.3) is 5.90 Å². The molecule has 2 aliphatic heterocycles. The molecule has 2 heterocycles. The van der Waals surface area contributed by atoms with Crippen LogP contribution < -0.4 is 10.2 Å². The van der Waals surface area contributed by atoms with Gasteiger partial charge in [-0.1, -0.05) is 65.7 Å². The molecule has 0 radical (unpaired) electrons. The van der Waals surface area contributed by atoms with Crippen molar-refractivity contribution >= 4 is 34.9 Å². The summed E-state index contributed by atoms with van der Waals surface area (Å²) in [4.78, 5) is 12.0. The predicted octanol–water partition coefficient (Wildman–Crippen LogP) is 4.74. The van der Waals surface area contributed by atoms with Crippen molar-refractivity contribution in [3.63, 3.8) is 0 Å². The summed E-state index contributed by atoms with van der Waals surface area (Å²) in [5.74, 6) is 1.54. The van der Waals surface area contributed by atoms with Crippen LogP contribution in [0, 0.1) is 5.41 Å². The zero-order valence-electron chi connectivity index (χ0n) is 15.5. The molecule has 0 spiro atoms. The number of hydroxylamine groups is 1. The maximum Gasteiger partial charge on any atom is 0.269 e. The molecule has 0 saturated carbocycles.